The van der Waals surface area contributed by atoms with Gasteiger partial charge in [0.2, 0.25) is 0 Å². The molecule has 0 N–H and O–H groups in total. The van der Waals surface area contributed by atoms with E-state index in [9.17, 15) is 17.6 Å². The van der Waals surface area contributed by atoms with Gasteiger partial charge in [0.1, 0.15) is 11.6 Å². The average Bonchev–Trinajstić information content (AvgIpc) is 2.60. The van der Waals surface area contributed by atoms with E-state index in [1.54, 1.807) is 12.1 Å². The van der Waals surface area contributed by atoms with Gasteiger partial charge in [-0.2, -0.15) is 13.2 Å². The fourth-order valence-electron chi connectivity index (χ4n) is 2.74. The van der Waals surface area contributed by atoms with Crippen molar-refractivity contribution in [2.24, 2.45) is 0 Å². The Hall–Kier alpha value is -2.56. The van der Waals surface area contributed by atoms with Gasteiger partial charge >= 0.3 is 6.18 Å². The Morgan fingerprint density at radius 2 is 1.62 bits per heavy atom. The van der Waals surface area contributed by atoms with Crippen molar-refractivity contribution >= 4 is 10.8 Å². The molecule has 5 heteroatoms. The number of alkyl halides is 3. The molecule has 136 valence electrons. The van der Waals surface area contributed by atoms with Gasteiger partial charge in [-0.3, -0.25) is 0 Å². The zero-order valence-corrected chi connectivity index (χ0v) is 14.2. The number of unbranched alkanes of at least 4 members (excludes halogenated alkanes) is 1. The van der Waals surface area contributed by atoms with Crippen molar-refractivity contribution in [3.8, 4) is 16.9 Å². The highest BCUT2D eigenvalue weighted by atomic mass is 19.4. The molecule has 0 aliphatic heterocycles. The second kappa shape index (κ2) is 7.36. The van der Waals surface area contributed by atoms with Crippen LogP contribution in [0.1, 0.15) is 25.3 Å². The van der Waals surface area contributed by atoms with E-state index in [0.717, 1.165) is 35.4 Å². The molecule has 0 radical (unpaired) electrons. The maximum atomic E-state index is 14.2. The van der Waals surface area contributed by atoms with Crippen molar-refractivity contribution in [2.75, 3.05) is 6.61 Å². The van der Waals surface area contributed by atoms with Crippen LogP contribution >= 0.6 is 0 Å². The Bertz CT molecular complexity index is 916. The van der Waals surface area contributed by atoms with Crippen molar-refractivity contribution in [2.45, 2.75) is 25.9 Å². The molecule has 3 rings (SSSR count). The summed E-state index contributed by atoms with van der Waals surface area (Å²) in [4.78, 5) is 0. The largest absolute Gasteiger partial charge is 0.494 e. The second-order valence-corrected chi connectivity index (χ2v) is 6.12. The fraction of sp³-hybridized carbons (Fsp3) is 0.238. The minimum atomic E-state index is -4.56. The third-order valence-corrected chi connectivity index (χ3v) is 4.19. The first kappa shape index (κ1) is 18.2. The Balaban J connectivity index is 1.91. The Labute approximate surface area is 149 Å². The van der Waals surface area contributed by atoms with Crippen molar-refractivity contribution in [3.05, 3.63) is 66.0 Å². The van der Waals surface area contributed by atoms with E-state index >= 15 is 0 Å². The first-order chi connectivity index (χ1) is 12.4. The molecule has 0 amide bonds. The van der Waals surface area contributed by atoms with Crippen LogP contribution in [-0.2, 0) is 6.18 Å². The van der Waals surface area contributed by atoms with E-state index in [-0.39, 0.29) is 5.56 Å². The summed E-state index contributed by atoms with van der Waals surface area (Å²) in [5.41, 5.74) is -0.319. The zero-order valence-electron chi connectivity index (χ0n) is 14.2. The Morgan fingerprint density at radius 1 is 0.885 bits per heavy atom. The summed E-state index contributed by atoms with van der Waals surface area (Å²) in [6.07, 6.45) is -2.53. The maximum Gasteiger partial charge on any atom is 0.416 e. The summed E-state index contributed by atoms with van der Waals surface area (Å²) < 4.78 is 57.9. The molecule has 0 atom stereocenters. The first-order valence-electron chi connectivity index (χ1n) is 8.42. The van der Waals surface area contributed by atoms with E-state index < -0.39 is 17.6 Å². The van der Waals surface area contributed by atoms with Crippen molar-refractivity contribution in [1.82, 2.24) is 0 Å². The summed E-state index contributed by atoms with van der Waals surface area (Å²) in [6, 6.07) is 13.5. The van der Waals surface area contributed by atoms with E-state index in [1.165, 1.54) is 6.07 Å². The van der Waals surface area contributed by atoms with Gasteiger partial charge in [0, 0.05) is 5.56 Å². The van der Waals surface area contributed by atoms with Crippen molar-refractivity contribution in [1.29, 1.82) is 0 Å². The van der Waals surface area contributed by atoms with Crippen LogP contribution in [0.25, 0.3) is 21.9 Å². The van der Waals surface area contributed by atoms with Crippen LogP contribution in [0.2, 0.25) is 0 Å². The highest BCUT2D eigenvalue weighted by molar-refractivity contribution is 5.88. The number of hydrogen-bond acceptors (Lipinski definition) is 1. The van der Waals surface area contributed by atoms with E-state index in [4.69, 9.17) is 4.74 Å². The molecule has 0 heterocycles. The molecule has 0 saturated heterocycles. The van der Waals surface area contributed by atoms with Crippen LogP contribution in [-0.4, -0.2) is 6.61 Å². The molecule has 0 spiro atoms. The standard InChI is InChI=1S/C21H18F4O/c1-2-3-10-26-18-8-6-14-11-16(5-4-15(14)12-18)19-9-7-17(13-20(19)22)21(23,24)25/h4-9,11-13H,2-3,10H2,1H3. The highest BCUT2D eigenvalue weighted by Gasteiger charge is 2.31. The molecule has 26 heavy (non-hydrogen) atoms. The minimum Gasteiger partial charge on any atom is -0.494 e. The molecule has 3 aromatic rings. The monoisotopic (exact) mass is 362 g/mol. The molecule has 0 aliphatic rings. The van der Waals surface area contributed by atoms with Crippen LogP contribution < -0.4 is 4.74 Å². The summed E-state index contributed by atoms with van der Waals surface area (Å²) in [5.74, 6) is -0.127. The summed E-state index contributed by atoms with van der Waals surface area (Å²) in [7, 11) is 0. The van der Waals surface area contributed by atoms with E-state index in [0.29, 0.717) is 18.2 Å². The smallest absolute Gasteiger partial charge is 0.416 e. The molecular formula is C21H18F4O. The molecular weight excluding hydrogens is 344 g/mol. The average molecular weight is 362 g/mol. The SMILES string of the molecule is CCCCOc1ccc2cc(-c3ccc(C(F)(F)F)cc3F)ccc2c1. The predicted octanol–water partition coefficient (Wildman–Crippen LogP) is 6.84. The van der Waals surface area contributed by atoms with Crippen molar-refractivity contribution in [3.63, 3.8) is 0 Å². The fourth-order valence-corrected chi connectivity index (χ4v) is 2.74. The van der Waals surface area contributed by atoms with Crippen LogP contribution in [0.5, 0.6) is 5.75 Å². The van der Waals surface area contributed by atoms with Gasteiger partial charge in [-0.05, 0) is 53.1 Å². The lowest BCUT2D eigenvalue weighted by Crippen LogP contribution is -2.05. The van der Waals surface area contributed by atoms with E-state index in [2.05, 4.69) is 6.92 Å². The topological polar surface area (TPSA) is 9.23 Å². The zero-order chi connectivity index (χ0) is 18.7. The number of ether oxygens (including phenoxy) is 1. The molecule has 0 bridgehead atoms. The third kappa shape index (κ3) is 3.98. The highest BCUT2D eigenvalue weighted by Crippen LogP contribution is 2.34. The number of fused-ring (bicyclic) bond motifs is 1. The third-order valence-electron chi connectivity index (χ3n) is 4.19. The quantitative estimate of drug-likeness (QED) is 0.356. The lowest BCUT2D eigenvalue weighted by Gasteiger charge is -2.11. The second-order valence-electron chi connectivity index (χ2n) is 6.12. The van der Waals surface area contributed by atoms with Gasteiger partial charge in [0.25, 0.3) is 0 Å². The summed E-state index contributed by atoms with van der Waals surface area (Å²) in [5, 5.41) is 1.79. The van der Waals surface area contributed by atoms with Crippen LogP contribution in [0, 0.1) is 5.82 Å². The Kier molecular flexibility index (Phi) is 5.16. The molecule has 3 aromatic carbocycles. The van der Waals surface area contributed by atoms with Crippen LogP contribution in [0.3, 0.4) is 0 Å². The molecule has 0 fully saturated rings. The molecule has 0 aromatic heterocycles. The van der Waals surface area contributed by atoms with Gasteiger partial charge in [-0.1, -0.05) is 37.6 Å². The number of rotatable bonds is 5. The predicted molar refractivity (Wildman–Crippen MR) is 94.7 cm³/mol. The van der Waals surface area contributed by atoms with Gasteiger partial charge in [-0.15, -0.1) is 0 Å². The van der Waals surface area contributed by atoms with Gasteiger partial charge < -0.3 is 4.74 Å². The van der Waals surface area contributed by atoms with E-state index in [1.807, 2.05) is 24.3 Å². The van der Waals surface area contributed by atoms with Gasteiger partial charge in [0.15, 0.2) is 0 Å². The molecule has 0 aliphatic carbocycles. The Morgan fingerprint density at radius 3 is 2.31 bits per heavy atom. The lowest BCUT2D eigenvalue weighted by molar-refractivity contribution is -0.137. The minimum absolute atomic E-state index is 0.142. The summed E-state index contributed by atoms with van der Waals surface area (Å²) >= 11 is 0. The number of hydrogen-bond donors (Lipinski definition) is 0. The summed E-state index contributed by atoms with van der Waals surface area (Å²) in [6.45, 7) is 2.74. The molecule has 1 nitrogen and oxygen atoms in total. The first-order valence-corrected chi connectivity index (χ1v) is 8.42. The van der Waals surface area contributed by atoms with Crippen LogP contribution in [0.15, 0.2) is 54.6 Å². The van der Waals surface area contributed by atoms with Crippen LogP contribution in [0.4, 0.5) is 17.6 Å². The lowest BCUT2D eigenvalue weighted by atomic mass is 9.99. The normalized spacial score (nSPS) is 11.7. The molecule has 0 unspecified atom stereocenters. The molecule has 0 saturated carbocycles. The number of benzene rings is 3. The number of halogens is 4. The van der Waals surface area contributed by atoms with Gasteiger partial charge in [0.05, 0.1) is 12.2 Å². The maximum absolute atomic E-state index is 14.2. The van der Waals surface area contributed by atoms with Crippen molar-refractivity contribution < 1.29 is 22.3 Å². The van der Waals surface area contributed by atoms with Gasteiger partial charge in [-0.25, -0.2) is 4.39 Å².